The Hall–Kier alpha value is -4.76. The fraction of sp³-hybridized carbons (Fsp3) is 0.400. The van der Waals surface area contributed by atoms with Gasteiger partial charge >= 0.3 is 21.5 Å². The molecule has 3 aromatic carbocycles. The van der Waals surface area contributed by atoms with Crippen LogP contribution in [-0.4, -0.2) is 72.3 Å². The molecule has 20 heteroatoms. The summed E-state index contributed by atoms with van der Waals surface area (Å²) >= 11 is 0. The number of aliphatic hydroxyl groups is 2. The Balaban J connectivity index is 0.982. The Morgan fingerprint density at radius 2 is 1.77 bits per heavy atom. The number of nitrogens with zero attached hydrogens (tertiary/aromatic N) is 4. The van der Waals surface area contributed by atoms with Crippen molar-refractivity contribution in [3.8, 4) is 11.8 Å². The minimum atomic E-state index is -4.56. The van der Waals surface area contributed by atoms with Crippen LogP contribution in [0.2, 0.25) is 0 Å². The van der Waals surface area contributed by atoms with Gasteiger partial charge in [-0.15, -0.1) is 0 Å². The molecule has 2 saturated carbocycles. The van der Waals surface area contributed by atoms with Gasteiger partial charge in [0, 0.05) is 5.39 Å². The third kappa shape index (κ3) is 8.31. The van der Waals surface area contributed by atoms with E-state index in [-0.39, 0.29) is 40.6 Å². The standard InChI is InChI=1S/C40H44N6O12P2/c1-26(38(49)56-29-19-39(20-29)17-8-18-39)44-59(50,58-32-14-7-12-28-11-5-6-13-30(28)32)53-22-33-35(47)36(48)40(23-41,57-33)34-16-15-31-37(42)45(24-43-46(31)34)25-55-60(51,52)54-21-27-9-3-2-4-10-27/h2-7,9-16,24,26,29,33,35-36,42,47-48H,8,17-22,25H2,1H3,(H,44,50)(H,51,52)/t26-,33+,35+,36+,40-,59?/m0/s1. The summed E-state index contributed by atoms with van der Waals surface area (Å²) in [5, 5.41) is 50.2. The molecule has 18 nitrogen and oxygen atoms in total. The van der Waals surface area contributed by atoms with Gasteiger partial charge in [-0.3, -0.25) is 28.3 Å². The van der Waals surface area contributed by atoms with Gasteiger partial charge < -0.3 is 29.1 Å². The number of phosphoric acid groups is 1. The highest BCUT2D eigenvalue weighted by Gasteiger charge is 2.58. The van der Waals surface area contributed by atoms with Crippen LogP contribution in [0.3, 0.4) is 0 Å². The number of ether oxygens (including phenoxy) is 2. The van der Waals surface area contributed by atoms with Crippen LogP contribution < -0.4 is 15.1 Å². The highest BCUT2D eigenvalue weighted by molar-refractivity contribution is 7.52. The Kier molecular flexibility index (Phi) is 11.6. The van der Waals surface area contributed by atoms with Gasteiger partial charge in [0.05, 0.1) is 18.9 Å². The molecule has 2 unspecified atom stereocenters. The van der Waals surface area contributed by atoms with Crippen molar-refractivity contribution in [2.45, 2.75) is 88.4 Å². The average Bonchev–Trinajstić information content (AvgIpc) is 3.76. The van der Waals surface area contributed by atoms with Crippen molar-refractivity contribution in [1.82, 2.24) is 19.3 Å². The molecule has 60 heavy (non-hydrogen) atoms. The van der Waals surface area contributed by atoms with Crippen LogP contribution in [0.15, 0.2) is 91.3 Å². The van der Waals surface area contributed by atoms with E-state index in [1.54, 1.807) is 54.6 Å². The second-order valence-corrected chi connectivity index (χ2v) is 18.6. The maximum atomic E-state index is 14.6. The van der Waals surface area contributed by atoms with Crippen molar-refractivity contribution in [3.63, 3.8) is 0 Å². The molecule has 0 bridgehead atoms. The van der Waals surface area contributed by atoms with E-state index < -0.39 is 64.8 Å². The molecule has 2 aromatic heterocycles. The first-order chi connectivity index (χ1) is 28.7. The normalized spacial score (nSPS) is 24.8. The maximum Gasteiger partial charge on any atom is 0.474 e. The summed E-state index contributed by atoms with van der Waals surface area (Å²) in [4.78, 5) is 23.4. The van der Waals surface area contributed by atoms with Crippen molar-refractivity contribution in [3.05, 3.63) is 108 Å². The first-order valence-electron chi connectivity index (χ1n) is 19.4. The van der Waals surface area contributed by atoms with Crippen molar-refractivity contribution >= 4 is 37.8 Å². The summed E-state index contributed by atoms with van der Waals surface area (Å²) < 4.78 is 63.3. The summed E-state index contributed by atoms with van der Waals surface area (Å²) in [6, 6.07) is 24.6. The minimum absolute atomic E-state index is 0.0704. The summed E-state index contributed by atoms with van der Waals surface area (Å²) in [7, 11) is -9.07. The van der Waals surface area contributed by atoms with E-state index in [0.29, 0.717) is 10.9 Å². The zero-order valence-corrected chi connectivity index (χ0v) is 34.2. The van der Waals surface area contributed by atoms with Crippen LogP contribution in [0.4, 0.5) is 0 Å². The molecular weight excluding hydrogens is 818 g/mol. The molecule has 5 N–H and O–H groups in total. The van der Waals surface area contributed by atoms with Crippen molar-refractivity contribution in [2.24, 2.45) is 5.41 Å². The van der Waals surface area contributed by atoms with Crippen LogP contribution >= 0.6 is 15.6 Å². The number of nitriles is 1. The van der Waals surface area contributed by atoms with E-state index in [2.05, 4.69) is 10.2 Å². The van der Waals surface area contributed by atoms with Crippen LogP contribution in [-0.2, 0) is 55.9 Å². The van der Waals surface area contributed by atoms with Gasteiger partial charge in [-0.2, -0.15) is 15.4 Å². The first-order valence-corrected chi connectivity index (χ1v) is 22.4. The van der Waals surface area contributed by atoms with Gasteiger partial charge in [-0.05, 0) is 67.2 Å². The largest absolute Gasteiger partial charge is 0.474 e. The van der Waals surface area contributed by atoms with Crippen LogP contribution in [0.1, 0.15) is 50.3 Å². The van der Waals surface area contributed by atoms with Crippen molar-refractivity contribution in [2.75, 3.05) is 6.61 Å². The predicted molar refractivity (Wildman–Crippen MR) is 211 cm³/mol. The smallest absolute Gasteiger partial charge is 0.461 e. The number of aliphatic hydroxyl groups excluding tert-OH is 2. The third-order valence-electron chi connectivity index (χ3n) is 11.4. The molecule has 1 spiro atoms. The number of carbonyl (C=O) groups is 1. The summed E-state index contributed by atoms with van der Waals surface area (Å²) in [5.74, 6) is -0.470. The molecule has 1 saturated heterocycles. The second kappa shape index (κ2) is 16.6. The van der Waals surface area contributed by atoms with Crippen molar-refractivity contribution < 1.29 is 56.6 Å². The molecule has 3 aliphatic rings. The molecule has 8 rings (SSSR count). The maximum absolute atomic E-state index is 14.6. The summed E-state index contributed by atoms with van der Waals surface area (Å²) in [5.41, 5.74) is -1.62. The third-order valence-corrected chi connectivity index (χ3v) is 13.9. The molecule has 0 amide bonds. The number of aromatic nitrogens is 3. The molecule has 1 aliphatic heterocycles. The highest BCUT2D eigenvalue weighted by Crippen LogP contribution is 2.57. The topological polar surface area (TPSA) is 249 Å². The van der Waals surface area contributed by atoms with E-state index in [1.165, 1.54) is 25.5 Å². The van der Waals surface area contributed by atoms with Crippen LogP contribution in [0.25, 0.3) is 16.3 Å². The lowest BCUT2D eigenvalue weighted by molar-refractivity contribution is -0.169. The van der Waals surface area contributed by atoms with Gasteiger partial charge in [-0.25, -0.2) is 13.6 Å². The van der Waals surface area contributed by atoms with Gasteiger partial charge in [0.25, 0.3) is 0 Å². The zero-order valence-electron chi connectivity index (χ0n) is 32.4. The molecule has 5 aromatic rings. The Bertz CT molecular complexity index is 2580. The molecule has 2 aliphatic carbocycles. The number of fused-ring (bicyclic) bond motifs is 2. The van der Waals surface area contributed by atoms with E-state index in [1.807, 2.05) is 24.3 Å². The van der Waals surface area contributed by atoms with E-state index >= 15 is 0 Å². The molecule has 7 atom stereocenters. The quantitative estimate of drug-likeness (QED) is 0.0650. The highest BCUT2D eigenvalue weighted by atomic mass is 31.2. The number of rotatable bonds is 16. The number of hydrogen-bond donors (Lipinski definition) is 5. The molecule has 3 fully saturated rings. The monoisotopic (exact) mass is 862 g/mol. The van der Waals surface area contributed by atoms with E-state index in [4.69, 9.17) is 33.0 Å². The SMILES string of the molecule is C[C@H](NP(=O)(OC[C@H]1O[C@@](C#N)(c2ccc3c(=N)n(COP(=O)(O)OCc4ccccc4)cnn23)[C@H](O)[C@@H]1O)Oc1cccc2ccccc12)C(=O)OC1CC2(CCC2)C1. The minimum Gasteiger partial charge on any atom is -0.461 e. The fourth-order valence-electron chi connectivity index (χ4n) is 7.95. The number of nitrogens with one attached hydrogen (secondary N) is 2. The van der Waals surface area contributed by atoms with Gasteiger partial charge in [0.15, 0.2) is 5.49 Å². The van der Waals surface area contributed by atoms with Gasteiger partial charge in [0.2, 0.25) is 5.60 Å². The number of phosphoric ester groups is 1. The lowest BCUT2D eigenvalue weighted by Crippen LogP contribution is -2.49. The Labute approximate surface area is 343 Å². The second-order valence-electron chi connectivity index (χ2n) is 15.4. The number of benzene rings is 3. The molecule has 3 heterocycles. The number of esters is 1. The van der Waals surface area contributed by atoms with Crippen LogP contribution in [0.5, 0.6) is 5.75 Å². The molecule has 316 valence electrons. The lowest BCUT2D eigenvalue weighted by atomic mass is 9.55. The zero-order chi connectivity index (χ0) is 42.3. The predicted octanol–water partition coefficient (Wildman–Crippen LogP) is 4.96. The van der Waals surface area contributed by atoms with Crippen LogP contribution in [0, 0.1) is 22.2 Å². The Morgan fingerprint density at radius 1 is 1.03 bits per heavy atom. The van der Waals surface area contributed by atoms with E-state index in [0.717, 1.165) is 46.5 Å². The van der Waals surface area contributed by atoms with Gasteiger partial charge in [0.1, 0.15) is 60.9 Å². The first kappa shape index (κ1) is 42.0. The summed E-state index contributed by atoms with van der Waals surface area (Å²) in [6.45, 7) is -0.00634. The fourth-order valence-corrected chi connectivity index (χ4v) is 10.1. The number of hydrogen-bond acceptors (Lipinski definition) is 14. The number of carbonyl (C=O) groups excluding carboxylic acids is 1. The van der Waals surface area contributed by atoms with E-state index in [9.17, 15) is 34.3 Å². The summed E-state index contributed by atoms with van der Waals surface area (Å²) in [6.07, 6.45) is 0.705. The molecular formula is C40H44N6O12P2. The molecule has 0 radical (unpaired) electrons. The Morgan fingerprint density at radius 3 is 2.50 bits per heavy atom. The lowest BCUT2D eigenvalue weighted by Gasteiger charge is -2.53. The van der Waals surface area contributed by atoms with Gasteiger partial charge in [-0.1, -0.05) is 73.2 Å². The van der Waals surface area contributed by atoms with Crippen molar-refractivity contribution in [1.29, 1.82) is 10.7 Å². The average molecular weight is 863 g/mol.